The highest BCUT2D eigenvalue weighted by Crippen LogP contribution is 2.23. The van der Waals surface area contributed by atoms with Gasteiger partial charge in [-0.15, -0.1) is 0 Å². The summed E-state index contributed by atoms with van der Waals surface area (Å²) < 4.78 is 10.4. The van der Waals surface area contributed by atoms with Crippen LogP contribution in [0, 0.1) is 0 Å². The van der Waals surface area contributed by atoms with Crippen LogP contribution < -0.4 is 15.5 Å². The third kappa shape index (κ3) is 6.55. The number of hydrogen-bond donors (Lipinski definition) is 2. The molecule has 6 nitrogen and oxygen atoms in total. The molecule has 1 aliphatic rings. The van der Waals surface area contributed by atoms with Gasteiger partial charge in [0, 0.05) is 39.5 Å². The number of rotatable bonds is 9. The molecule has 0 aromatic heterocycles. The van der Waals surface area contributed by atoms with Crippen molar-refractivity contribution in [2.24, 2.45) is 4.99 Å². The van der Waals surface area contributed by atoms with Gasteiger partial charge in [-0.1, -0.05) is 12.1 Å². The minimum absolute atomic E-state index is 0.183. The Bertz CT molecular complexity index is 530. The second kappa shape index (κ2) is 10.9. The fourth-order valence-electron chi connectivity index (χ4n) is 2.94. The van der Waals surface area contributed by atoms with E-state index >= 15 is 0 Å². The van der Waals surface area contributed by atoms with Crippen molar-refractivity contribution in [1.29, 1.82) is 0 Å². The molecule has 1 heterocycles. The largest absolute Gasteiger partial charge is 0.382 e. The van der Waals surface area contributed by atoms with Crippen molar-refractivity contribution < 1.29 is 9.47 Å². The summed E-state index contributed by atoms with van der Waals surface area (Å²) in [5.41, 5.74) is 2.59. The molecule has 0 bridgehead atoms. The molecule has 6 heteroatoms. The molecule has 0 aliphatic carbocycles. The van der Waals surface area contributed by atoms with E-state index in [1.165, 1.54) is 24.1 Å². The molecule has 2 N–H and O–H groups in total. The van der Waals surface area contributed by atoms with E-state index in [9.17, 15) is 0 Å². The Labute approximate surface area is 151 Å². The maximum Gasteiger partial charge on any atom is 0.191 e. The number of anilines is 1. The Balaban J connectivity index is 1.80. The average Bonchev–Trinajstić information content (AvgIpc) is 3.18. The minimum atomic E-state index is 0.183. The molecule has 1 aromatic carbocycles. The summed E-state index contributed by atoms with van der Waals surface area (Å²) in [6, 6.07) is 8.97. The van der Waals surface area contributed by atoms with Crippen LogP contribution in [-0.4, -0.2) is 59.6 Å². The van der Waals surface area contributed by atoms with Gasteiger partial charge in [0.05, 0.1) is 25.9 Å². The van der Waals surface area contributed by atoms with Crippen LogP contribution >= 0.6 is 0 Å². The van der Waals surface area contributed by atoms with Crippen LogP contribution in [0.5, 0.6) is 0 Å². The lowest BCUT2D eigenvalue weighted by Gasteiger charge is -2.22. The number of aliphatic imine (C=N–C) groups is 1. The molecule has 140 valence electrons. The van der Waals surface area contributed by atoms with Gasteiger partial charge < -0.3 is 25.0 Å². The third-order valence-electron chi connectivity index (χ3n) is 4.39. The summed E-state index contributed by atoms with van der Waals surface area (Å²) in [6.45, 7) is 7.06. The van der Waals surface area contributed by atoms with Gasteiger partial charge in [0.1, 0.15) is 0 Å². The van der Waals surface area contributed by atoms with Crippen molar-refractivity contribution in [1.82, 2.24) is 10.6 Å². The van der Waals surface area contributed by atoms with E-state index in [-0.39, 0.29) is 6.04 Å². The van der Waals surface area contributed by atoms with Crippen LogP contribution in [0.2, 0.25) is 0 Å². The van der Waals surface area contributed by atoms with E-state index in [1.807, 2.05) is 0 Å². The maximum atomic E-state index is 5.46. The Morgan fingerprint density at radius 1 is 1.24 bits per heavy atom. The van der Waals surface area contributed by atoms with Crippen LogP contribution in [-0.2, 0) is 9.47 Å². The Kier molecular flexibility index (Phi) is 8.55. The van der Waals surface area contributed by atoms with Gasteiger partial charge in [0.15, 0.2) is 5.96 Å². The molecule has 1 atom stereocenters. The first-order valence-corrected chi connectivity index (χ1v) is 9.13. The molecule has 1 unspecified atom stereocenters. The molecule has 1 saturated heterocycles. The highest BCUT2D eigenvalue weighted by molar-refractivity contribution is 5.80. The normalized spacial score (nSPS) is 16.1. The zero-order valence-electron chi connectivity index (χ0n) is 15.8. The van der Waals surface area contributed by atoms with E-state index in [1.54, 1.807) is 14.2 Å². The SMILES string of the molecule is CN=C(NCCOCCOC)NC(C)c1cccc(N2CCCC2)c1. The molecule has 0 amide bonds. The van der Waals surface area contributed by atoms with Crippen molar-refractivity contribution in [3.05, 3.63) is 29.8 Å². The van der Waals surface area contributed by atoms with Gasteiger partial charge in [-0.3, -0.25) is 4.99 Å². The van der Waals surface area contributed by atoms with Crippen molar-refractivity contribution in [2.75, 3.05) is 58.5 Å². The van der Waals surface area contributed by atoms with Crippen molar-refractivity contribution in [3.8, 4) is 0 Å². The molecule has 0 spiro atoms. The van der Waals surface area contributed by atoms with E-state index < -0.39 is 0 Å². The Morgan fingerprint density at radius 2 is 2.04 bits per heavy atom. The first kappa shape index (κ1) is 19.5. The highest BCUT2D eigenvalue weighted by atomic mass is 16.5. The number of methoxy groups -OCH3 is 1. The predicted octanol–water partition coefficient (Wildman–Crippen LogP) is 2.18. The lowest BCUT2D eigenvalue weighted by Crippen LogP contribution is -2.40. The van der Waals surface area contributed by atoms with Gasteiger partial charge in [0.25, 0.3) is 0 Å². The van der Waals surface area contributed by atoms with Crippen LogP contribution in [0.15, 0.2) is 29.3 Å². The molecule has 1 aromatic rings. The van der Waals surface area contributed by atoms with Crippen LogP contribution in [0.3, 0.4) is 0 Å². The van der Waals surface area contributed by atoms with Gasteiger partial charge in [-0.2, -0.15) is 0 Å². The number of nitrogens with one attached hydrogen (secondary N) is 2. The second-order valence-electron chi connectivity index (χ2n) is 6.26. The molecule has 0 saturated carbocycles. The van der Waals surface area contributed by atoms with Crippen LogP contribution in [0.1, 0.15) is 31.4 Å². The van der Waals surface area contributed by atoms with Gasteiger partial charge in [-0.05, 0) is 37.5 Å². The molecular formula is C19H32N4O2. The van der Waals surface area contributed by atoms with Gasteiger partial charge >= 0.3 is 0 Å². The van der Waals surface area contributed by atoms with Crippen LogP contribution in [0.4, 0.5) is 5.69 Å². The lowest BCUT2D eigenvalue weighted by molar-refractivity contribution is 0.0733. The standard InChI is InChI=1S/C19H32N4O2/c1-16(22-19(20-2)21-9-12-25-14-13-24-3)17-7-6-8-18(15-17)23-10-4-5-11-23/h6-8,15-16H,4-5,9-14H2,1-3H3,(H2,20,21,22). The van der Waals surface area contributed by atoms with Gasteiger partial charge in [-0.25, -0.2) is 0 Å². The zero-order valence-corrected chi connectivity index (χ0v) is 15.8. The predicted molar refractivity (Wildman–Crippen MR) is 103 cm³/mol. The number of guanidine groups is 1. The van der Waals surface area contributed by atoms with Gasteiger partial charge in [0.2, 0.25) is 0 Å². The molecule has 25 heavy (non-hydrogen) atoms. The average molecular weight is 348 g/mol. The first-order valence-electron chi connectivity index (χ1n) is 9.13. The molecular weight excluding hydrogens is 316 g/mol. The van der Waals surface area contributed by atoms with Crippen molar-refractivity contribution in [2.45, 2.75) is 25.8 Å². The summed E-state index contributed by atoms with van der Waals surface area (Å²) in [5.74, 6) is 0.786. The fourth-order valence-corrected chi connectivity index (χ4v) is 2.94. The van der Waals surface area contributed by atoms with Crippen molar-refractivity contribution >= 4 is 11.6 Å². The number of hydrogen-bond acceptors (Lipinski definition) is 4. The first-order chi connectivity index (χ1) is 12.2. The highest BCUT2D eigenvalue weighted by Gasteiger charge is 2.14. The third-order valence-corrected chi connectivity index (χ3v) is 4.39. The second-order valence-corrected chi connectivity index (χ2v) is 6.26. The van der Waals surface area contributed by atoms with E-state index in [0.29, 0.717) is 26.4 Å². The van der Waals surface area contributed by atoms with E-state index in [0.717, 1.165) is 19.0 Å². The smallest absolute Gasteiger partial charge is 0.191 e. The lowest BCUT2D eigenvalue weighted by atomic mass is 10.1. The summed E-state index contributed by atoms with van der Waals surface area (Å²) in [7, 11) is 3.46. The van der Waals surface area contributed by atoms with E-state index in [2.05, 4.69) is 51.7 Å². The number of ether oxygens (including phenoxy) is 2. The summed E-state index contributed by atoms with van der Waals surface area (Å²) >= 11 is 0. The maximum absolute atomic E-state index is 5.46. The topological polar surface area (TPSA) is 58.1 Å². The molecule has 1 fully saturated rings. The fraction of sp³-hybridized carbons (Fsp3) is 0.632. The minimum Gasteiger partial charge on any atom is -0.382 e. The molecule has 1 aliphatic heterocycles. The quantitative estimate of drug-likeness (QED) is 0.407. The number of benzene rings is 1. The molecule has 0 radical (unpaired) electrons. The Hall–Kier alpha value is -1.79. The summed E-state index contributed by atoms with van der Waals surface area (Å²) in [5, 5.41) is 6.72. The monoisotopic (exact) mass is 348 g/mol. The van der Waals surface area contributed by atoms with Crippen LogP contribution in [0.25, 0.3) is 0 Å². The number of nitrogens with zero attached hydrogens (tertiary/aromatic N) is 2. The Morgan fingerprint density at radius 3 is 2.76 bits per heavy atom. The molecule has 2 rings (SSSR count). The summed E-state index contributed by atoms with van der Waals surface area (Å²) in [6.07, 6.45) is 2.59. The zero-order chi connectivity index (χ0) is 17.9. The van der Waals surface area contributed by atoms with Crippen molar-refractivity contribution in [3.63, 3.8) is 0 Å². The van der Waals surface area contributed by atoms with E-state index in [4.69, 9.17) is 9.47 Å². The summed E-state index contributed by atoms with van der Waals surface area (Å²) in [4.78, 5) is 6.75.